The van der Waals surface area contributed by atoms with Crippen LogP contribution in [0, 0.1) is 11.3 Å². The SMILES string of the molecule is N#Cc1nccc(NC2CCN(Cc3ccc(-c4nc5cnc(Cl)cc5cc4-c4ccccc4)cc3)CC2)n1. The van der Waals surface area contributed by atoms with Crippen molar-refractivity contribution in [1.29, 1.82) is 5.26 Å². The highest BCUT2D eigenvalue weighted by atomic mass is 35.5. The fourth-order valence-corrected chi connectivity index (χ4v) is 5.24. The van der Waals surface area contributed by atoms with Crippen LogP contribution in [0.25, 0.3) is 33.3 Å². The molecule has 192 valence electrons. The van der Waals surface area contributed by atoms with Gasteiger partial charge >= 0.3 is 0 Å². The van der Waals surface area contributed by atoms with Crippen molar-refractivity contribution in [2.24, 2.45) is 0 Å². The van der Waals surface area contributed by atoms with E-state index >= 15 is 0 Å². The van der Waals surface area contributed by atoms with Crippen molar-refractivity contribution < 1.29 is 0 Å². The summed E-state index contributed by atoms with van der Waals surface area (Å²) in [4.78, 5) is 19.9. The number of aromatic nitrogens is 4. The molecule has 7 nitrogen and oxygen atoms in total. The van der Waals surface area contributed by atoms with E-state index in [1.54, 1.807) is 12.4 Å². The van der Waals surface area contributed by atoms with Crippen LogP contribution in [-0.2, 0) is 6.54 Å². The number of anilines is 1. The molecular weight excluding hydrogens is 506 g/mol. The van der Waals surface area contributed by atoms with Crippen LogP contribution in [0.5, 0.6) is 0 Å². The fraction of sp³-hybridized carbons (Fsp3) is 0.194. The van der Waals surface area contributed by atoms with E-state index in [1.165, 1.54) is 5.56 Å². The first kappa shape index (κ1) is 24.9. The minimum atomic E-state index is 0.191. The van der Waals surface area contributed by atoms with E-state index in [2.05, 4.69) is 67.6 Å². The van der Waals surface area contributed by atoms with Gasteiger partial charge in [0.2, 0.25) is 5.82 Å². The summed E-state index contributed by atoms with van der Waals surface area (Å²) < 4.78 is 0. The fourth-order valence-electron chi connectivity index (χ4n) is 5.07. The highest BCUT2D eigenvalue weighted by Gasteiger charge is 2.20. The molecule has 6 rings (SSSR count). The smallest absolute Gasteiger partial charge is 0.234 e. The summed E-state index contributed by atoms with van der Waals surface area (Å²) >= 11 is 6.16. The lowest BCUT2D eigenvalue weighted by molar-refractivity contribution is 0.211. The second-order valence-electron chi connectivity index (χ2n) is 9.72. The minimum absolute atomic E-state index is 0.191. The molecule has 1 saturated heterocycles. The standard InChI is InChI=1S/C31H26ClN7/c32-28-17-24-16-26(22-4-2-1-3-5-22)31(37-27(24)19-35-28)23-8-6-21(7-9-23)20-39-14-11-25(12-15-39)36-29-10-13-34-30(18-33)38-29/h1-10,13,16-17,19,25H,11-12,14-15,20H2,(H,34,36,38). The number of pyridine rings is 2. The number of rotatable bonds is 6. The van der Waals surface area contributed by atoms with Gasteiger partial charge in [0.15, 0.2) is 0 Å². The Morgan fingerprint density at radius 1 is 0.923 bits per heavy atom. The summed E-state index contributed by atoms with van der Waals surface area (Å²) in [6.45, 7) is 2.89. The van der Waals surface area contributed by atoms with Crippen LogP contribution < -0.4 is 5.32 Å². The molecule has 0 bridgehead atoms. The number of hydrogen-bond acceptors (Lipinski definition) is 7. The number of nitrogens with zero attached hydrogens (tertiary/aromatic N) is 6. The van der Waals surface area contributed by atoms with Crippen LogP contribution in [0.3, 0.4) is 0 Å². The average Bonchev–Trinajstić information content (AvgIpc) is 2.98. The monoisotopic (exact) mass is 531 g/mol. The molecule has 1 fully saturated rings. The number of likely N-dealkylation sites (tertiary alicyclic amines) is 1. The molecule has 4 heterocycles. The van der Waals surface area contributed by atoms with Gasteiger partial charge in [-0.15, -0.1) is 0 Å². The molecule has 1 N–H and O–H groups in total. The zero-order valence-corrected chi connectivity index (χ0v) is 22.0. The second kappa shape index (κ2) is 11.2. The quantitative estimate of drug-likeness (QED) is 0.255. The Bertz CT molecular complexity index is 1640. The van der Waals surface area contributed by atoms with E-state index < -0.39 is 0 Å². The number of fused-ring (bicyclic) bond motifs is 1. The first-order valence-corrected chi connectivity index (χ1v) is 13.4. The highest BCUT2D eigenvalue weighted by molar-refractivity contribution is 6.30. The highest BCUT2D eigenvalue weighted by Crippen LogP contribution is 2.34. The minimum Gasteiger partial charge on any atom is -0.367 e. The Balaban J connectivity index is 1.16. The van der Waals surface area contributed by atoms with Crippen LogP contribution in [0.4, 0.5) is 5.82 Å². The third-order valence-corrected chi connectivity index (χ3v) is 7.29. The summed E-state index contributed by atoms with van der Waals surface area (Å²) in [5, 5.41) is 13.9. The van der Waals surface area contributed by atoms with Crippen LogP contribution >= 0.6 is 11.6 Å². The number of nitriles is 1. The zero-order valence-electron chi connectivity index (χ0n) is 21.3. The largest absolute Gasteiger partial charge is 0.367 e. The molecular formula is C31H26ClN7. The molecule has 0 amide bonds. The van der Waals surface area contributed by atoms with Gasteiger partial charge in [-0.05, 0) is 42.2 Å². The van der Waals surface area contributed by atoms with Gasteiger partial charge in [0, 0.05) is 48.4 Å². The van der Waals surface area contributed by atoms with E-state index in [-0.39, 0.29) is 5.82 Å². The molecule has 3 aromatic heterocycles. The third kappa shape index (κ3) is 5.73. The molecule has 1 aliphatic rings. The molecule has 8 heteroatoms. The predicted octanol–water partition coefficient (Wildman–Crippen LogP) is 6.36. The van der Waals surface area contributed by atoms with Crippen molar-refractivity contribution in [1.82, 2.24) is 24.8 Å². The molecule has 1 aliphatic heterocycles. The topological polar surface area (TPSA) is 90.6 Å². The third-order valence-electron chi connectivity index (χ3n) is 7.08. The van der Waals surface area contributed by atoms with Crippen LogP contribution in [0.15, 0.2) is 85.2 Å². The van der Waals surface area contributed by atoms with Gasteiger partial charge in [-0.2, -0.15) is 5.26 Å². The molecule has 2 aromatic carbocycles. The van der Waals surface area contributed by atoms with Gasteiger partial charge in [-0.25, -0.2) is 19.9 Å². The van der Waals surface area contributed by atoms with Crippen LogP contribution in [-0.4, -0.2) is 44.0 Å². The summed E-state index contributed by atoms with van der Waals surface area (Å²) in [7, 11) is 0. The zero-order chi connectivity index (χ0) is 26.6. The normalized spacial score (nSPS) is 14.3. The first-order valence-electron chi connectivity index (χ1n) is 13.0. The molecule has 5 aromatic rings. The van der Waals surface area contributed by atoms with Gasteiger partial charge in [-0.1, -0.05) is 66.2 Å². The van der Waals surface area contributed by atoms with Gasteiger partial charge < -0.3 is 5.32 Å². The lowest BCUT2D eigenvalue weighted by Gasteiger charge is -2.32. The lowest BCUT2D eigenvalue weighted by Crippen LogP contribution is -2.38. The van der Waals surface area contributed by atoms with Gasteiger partial charge in [-0.3, -0.25) is 4.90 Å². The van der Waals surface area contributed by atoms with E-state index in [9.17, 15) is 0 Å². The Hall–Kier alpha value is -4.38. The van der Waals surface area contributed by atoms with Gasteiger partial charge in [0.1, 0.15) is 17.0 Å². The first-order chi connectivity index (χ1) is 19.1. The van der Waals surface area contributed by atoms with Crippen molar-refractivity contribution in [3.63, 3.8) is 0 Å². The lowest BCUT2D eigenvalue weighted by atomic mass is 9.97. The Morgan fingerprint density at radius 3 is 2.49 bits per heavy atom. The number of piperidine rings is 1. The van der Waals surface area contributed by atoms with Crippen molar-refractivity contribution in [3.8, 4) is 28.5 Å². The molecule has 0 saturated carbocycles. The molecule has 0 unspecified atom stereocenters. The second-order valence-corrected chi connectivity index (χ2v) is 10.1. The van der Waals surface area contributed by atoms with Crippen LogP contribution in [0.2, 0.25) is 5.15 Å². The number of halogens is 1. The molecule has 0 spiro atoms. The maximum absolute atomic E-state index is 9.02. The van der Waals surface area contributed by atoms with Crippen molar-refractivity contribution >= 4 is 28.3 Å². The Kier molecular flexibility index (Phi) is 7.13. The average molecular weight is 532 g/mol. The Labute approximate surface area is 232 Å². The number of benzene rings is 2. The maximum Gasteiger partial charge on any atom is 0.234 e. The van der Waals surface area contributed by atoms with E-state index in [0.717, 1.165) is 65.8 Å². The Morgan fingerprint density at radius 2 is 1.72 bits per heavy atom. The van der Waals surface area contributed by atoms with E-state index in [0.29, 0.717) is 17.0 Å². The van der Waals surface area contributed by atoms with Gasteiger partial charge in [0.05, 0.1) is 17.4 Å². The van der Waals surface area contributed by atoms with Gasteiger partial charge in [0.25, 0.3) is 0 Å². The summed E-state index contributed by atoms with van der Waals surface area (Å²) in [5.41, 5.74) is 6.27. The molecule has 39 heavy (non-hydrogen) atoms. The maximum atomic E-state index is 9.02. The van der Waals surface area contributed by atoms with E-state index in [1.807, 2.05) is 36.4 Å². The van der Waals surface area contributed by atoms with Crippen molar-refractivity contribution in [2.45, 2.75) is 25.4 Å². The number of hydrogen-bond donors (Lipinski definition) is 1. The summed E-state index contributed by atoms with van der Waals surface area (Å²) in [6.07, 6.45) is 5.39. The predicted molar refractivity (Wildman–Crippen MR) is 154 cm³/mol. The molecule has 0 aliphatic carbocycles. The van der Waals surface area contributed by atoms with Crippen molar-refractivity contribution in [2.75, 3.05) is 18.4 Å². The summed E-state index contributed by atoms with van der Waals surface area (Å²) in [6, 6.07) is 27.2. The molecule has 0 atom stereocenters. The summed E-state index contributed by atoms with van der Waals surface area (Å²) in [5.74, 6) is 0.906. The number of nitrogens with one attached hydrogen (secondary N) is 1. The van der Waals surface area contributed by atoms with Crippen LogP contribution in [0.1, 0.15) is 24.2 Å². The van der Waals surface area contributed by atoms with E-state index in [4.69, 9.17) is 21.8 Å². The van der Waals surface area contributed by atoms with Crippen molar-refractivity contribution in [3.05, 3.63) is 102 Å². The molecule has 0 radical (unpaired) electrons.